The molecule has 1 aliphatic rings. The van der Waals surface area contributed by atoms with Gasteiger partial charge in [-0.1, -0.05) is 71.5 Å². The quantitative estimate of drug-likeness (QED) is 0.472. The van der Waals surface area contributed by atoms with E-state index in [1.165, 1.54) is 4.90 Å². The fraction of sp³-hybridized carbons (Fsp3) is 0.727. The van der Waals surface area contributed by atoms with Crippen molar-refractivity contribution in [2.45, 2.75) is 86.8 Å². The van der Waals surface area contributed by atoms with Crippen molar-refractivity contribution in [3.8, 4) is 0 Å². The Bertz CT molecular complexity index is 559. The Kier molecular flexibility index (Phi) is 9.04. The number of hydrogen-bond acceptors (Lipinski definition) is 5. The number of hydrogen-bond donors (Lipinski definition) is 0. The van der Waals surface area contributed by atoms with Gasteiger partial charge in [0.15, 0.2) is 0 Å². The Hall–Kier alpha value is -0.373. The lowest BCUT2D eigenvalue weighted by Crippen LogP contribution is -2.61. The summed E-state index contributed by atoms with van der Waals surface area (Å²) in [5, 5.41) is 0. The van der Waals surface area contributed by atoms with E-state index in [2.05, 4.69) is 53.7 Å². The van der Waals surface area contributed by atoms with Crippen LogP contribution in [0.15, 0.2) is 35.2 Å². The molecule has 0 bridgehead atoms. The normalized spacial score (nSPS) is 26.4. The van der Waals surface area contributed by atoms with Gasteiger partial charge in [0.2, 0.25) is 8.32 Å². The minimum atomic E-state index is -2.08. The molecule has 6 heteroatoms. The zero-order valence-electron chi connectivity index (χ0n) is 18.7. The van der Waals surface area contributed by atoms with Gasteiger partial charge in [-0.05, 0) is 28.8 Å². The molecule has 1 aliphatic heterocycles. The van der Waals surface area contributed by atoms with E-state index in [0.717, 1.165) is 0 Å². The molecule has 0 unspecified atom stereocenters. The lowest BCUT2D eigenvalue weighted by Gasteiger charge is -2.49. The predicted octanol–water partition coefficient (Wildman–Crippen LogP) is 5.73. The van der Waals surface area contributed by atoms with E-state index in [-0.39, 0.29) is 23.7 Å². The standard InChI is InChI=1S/C22H38O4SSi/c1-15(2)28(16(3)4,17(5)6)26-20-19(23-7)14-25-22(21(20)24-8)27-18-12-10-9-11-13-18/h9-13,15-17,19-22H,14H2,1-8H3/t19-,20+,21-,22+/m1/s1. The minimum Gasteiger partial charge on any atom is -0.408 e. The topological polar surface area (TPSA) is 36.9 Å². The summed E-state index contributed by atoms with van der Waals surface area (Å²) in [6.07, 6.45) is -0.448. The second kappa shape index (κ2) is 10.6. The molecular weight excluding hydrogens is 388 g/mol. The lowest BCUT2D eigenvalue weighted by atomic mass is 10.1. The molecule has 0 N–H and O–H groups in total. The van der Waals surface area contributed by atoms with Gasteiger partial charge in [0.1, 0.15) is 23.7 Å². The van der Waals surface area contributed by atoms with Crippen molar-refractivity contribution in [2.75, 3.05) is 20.8 Å². The largest absolute Gasteiger partial charge is 0.408 e. The zero-order chi connectivity index (χ0) is 20.9. The van der Waals surface area contributed by atoms with Gasteiger partial charge in [0, 0.05) is 19.1 Å². The minimum absolute atomic E-state index is 0.123. The highest BCUT2D eigenvalue weighted by atomic mass is 32.2. The van der Waals surface area contributed by atoms with E-state index in [1.54, 1.807) is 26.0 Å². The zero-order valence-corrected chi connectivity index (χ0v) is 20.5. The molecule has 1 fully saturated rings. The number of methoxy groups -OCH3 is 2. The molecule has 0 spiro atoms. The maximum absolute atomic E-state index is 7.13. The summed E-state index contributed by atoms with van der Waals surface area (Å²) < 4.78 is 25.1. The molecule has 4 atom stereocenters. The van der Waals surface area contributed by atoms with Crippen molar-refractivity contribution >= 4 is 20.1 Å². The summed E-state index contributed by atoms with van der Waals surface area (Å²) in [6.45, 7) is 14.4. The van der Waals surface area contributed by atoms with E-state index in [9.17, 15) is 0 Å². The van der Waals surface area contributed by atoms with Crippen LogP contribution < -0.4 is 0 Å². The average molecular weight is 427 g/mol. The van der Waals surface area contributed by atoms with Gasteiger partial charge in [-0.15, -0.1) is 0 Å². The summed E-state index contributed by atoms with van der Waals surface area (Å²) in [5.41, 5.74) is 1.39. The van der Waals surface area contributed by atoms with Crippen molar-refractivity contribution < 1.29 is 18.6 Å². The summed E-state index contributed by atoms with van der Waals surface area (Å²) in [6, 6.07) is 10.3. The number of rotatable bonds is 9. The molecule has 4 nitrogen and oxygen atoms in total. The van der Waals surface area contributed by atoms with Gasteiger partial charge < -0.3 is 18.6 Å². The summed E-state index contributed by atoms with van der Waals surface area (Å²) >= 11 is 1.70. The van der Waals surface area contributed by atoms with E-state index < -0.39 is 8.32 Å². The Labute approximate surface area is 176 Å². The van der Waals surface area contributed by atoms with Gasteiger partial charge in [0.05, 0.1) is 6.61 Å². The van der Waals surface area contributed by atoms with E-state index >= 15 is 0 Å². The Morgan fingerprint density at radius 2 is 1.46 bits per heavy atom. The van der Waals surface area contributed by atoms with Crippen molar-refractivity contribution in [1.29, 1.82) is 0 Å². The fourth-order valence-corrected chi connectivity index (χ4v) is 11.4. The van der Waals surface area contributed by atoms with Crippen LogP contribution >= 0.6 is 11.8 Å². The second-order valence-corrected chi connectivity index (χ2v) is 15.1. The van der Waals surface area contributed by atoms with Crippen molar-refractivity contribution in [3.63, 3.8) is 0 Å². The maximum atomic E-state index is 7.13. The van der Waals surface area contributed by atoms with Crippen molar-refractivity contribution in [1.82, 2.24) is 0 Å². The molecule has 0 saturated carbocycles. The second-order valence-electron chi connectivity index (χ2n) is 8.51. The molecule has 0 amide bonds. The van der Waals surface area contributed by atoms with Crippen LogP contribution in [0.3, 0.4) is 0 Å². The van der Waals surface area contributed by atoms with Crippen LogP contribution in [0, 0.1) is 0 Å². The Balaban J connectivity index is 2.33. The number of thioether (sulfide) groups is 1. The highest BCUT2D eigenvalue weighted by Gasteiger charge is 2.52. The summed E-state index contributed by atoms with van der Waals surface area (Å²) in [5.74, 6) is 0. The average Bonchev–Trinajstić information content (AvgIpc) is 2.66. The first-order valence-electron chi connectivity index (χ1n) is 10.3. The molecule has 0 aliphatic carbocycles. The maximum Gasteiger partial charge on any atom is 0.201 e. The van der Waals surface area contributed by atoms with E-state index in [1.807, 2.05) is 18.2 Å². The first-order chi connectivity index (χ1) is 13.3. The highest BCUT2D eigenvalue weighted by molar-refractivity contribution is 7.99. The van der Waals surface area contributed by atoms with Gasteiger partial charge in [-0.25, -0.2) is 0 Å². The van der Waals surface area contributed by atoms with E-state index in [0.29, 0.717) is 23.2 Å². The summed E-state index contributed by atoms with van der Waals surface area (Å²) in [7, 11) is 1.42. The molecule has 0 radical (unpaired) electrons. The Morgan fingerprint density at radius 1 is 0.893 bits per heavy atom. The molecule has 2 rings (SSSR count). The third-order valence-corrected chi connectivity index (χ3v) is 13.3. The molecule has 160 valence electrons. The van der Waals surface area contributed by atoms with Crippen LogP contribution in [0.1, 0.15) is 41.5 Å². The predicted molar refractivity (Wildman–Crippen MR) is 120 cm³/mol. The van der Waals surface area contributed by atoms with Crippen LogP contribution in [0.25, 0.3) is 0 Å². The van der Waals surface area contributed by atoms with Crippen LogP contribution in [-0.2, 0) is 18.6 Å². The van der Waals surface area contributed by atoms with Crippen LogP contribution in [0.2, 0.25) is 16.6 Å². The monoisotopic (exact) mass is 426 g/mol. The third-order valence-electron chi connectivity index (χ3n) is 6.00. The molecular formula is C22H38O4SSi. The van der Waals surface area contributed by atoms with Crippen molar-refractivity contribution in [3.05, 3.63) is 30.3 Å². The Morgan fingerprint density at radius 3 is 1.93 bits per heavy atom. The molecule has 1 aromatic rings. The molecule has 0 aromatic heterocycles. The smallest absolute Gasteiger partial charge is 0.201 e. The van der Waals surface area contributed by atoms with Crippen LogP contribution in [-0.4, -0.2) is 52.9 Å². The van der Waals surface area contributed by atoms with Gasteiger partial charge >= 0.3 is 0 Å². The molecule has 1 heterocycles. The van der Waals surface area contributed by atoms with Gasteiger partial charge in [0.25, 0.3) is 0 Å². The highest BCUT2D eigenvalue weighted by Crippen LogP contribution is 2.45. The van der Waals surface area contributed by atoms with Crippen LogP contribution in [0.5, 0.6) is 0 Å². The van der Waals surface area contributed by atoms with Gasteiger partial charge in [-0.2, -0.15) is 0 Å². The molecule has 28 heavy (non-hydrogen) atoms. The summed E-state index contributed by atoms with van der Waals surface area (Å²) in [4.78, 5) is 1.17. The van der Waals surface area contributed by atoms with E-state index in [4.69, 9.17) is 18.6 Å². The first kappa shape index (κ1) is 23.9. The van der Waals surface area contributed by atoms with Crippen molar-refractivity contribution in [2.24, 2.45) is 0 Å². The third kappa shape index (κ3) is 5.02. The number of benzene rings is 1. The molecule has 1 aromatic carbocycles. The molecule has 1 saturated heterocycles. The first-order valence-corrected chi connectivity index (χ1v) is 13.4. The SMILES string of the molecule is CO[C@@H]1[C@@H](O[Si](C(C)C)(C(C)C)C(C)C)[C@H](OC)CO[C@H]1Sc1ccccc1. The fourth-order valence-electron chi connectivity index (χ4n) is 4.71. The number of ether oxygens (including phenoxy) is 3. The lowest BCUT2D eigenvalue weighted by molar-refractivity contribution is -0.175. The van der Waals surface area contributed by atoms with Gasteiger partial charge in [-0.3, -0.25) is 0 Å². The van der Waals surface area contributed by atoms with Crippen LogP contribution in [0.4, 0.5) is 0 Å².